The van der Waals surface area contributed by atoms with E-state index < -0.39 is 0 Å². The largest absolute Gasteiger partial charge is 0.393 e. The number of aryl methyl sites for hydroxylation is 1. The number of aliphatic hydroxyl groups is 1. The number of benzene rings is 1. The molecular formula is C17H20ClNO2. The summed E-state index contributed by atoms with van der Waals surface area (Å²) < 4.78 is 0. The van der Waals surface area contributed by atoms with Crippen LogP contribution in [-0.2, 0) is 4.79 Å². The normalized spacial score (nSPS) is 28.3. The van der Waals surface area contributed by atoms with Crippen molar-refractivity contribution in [3.05, 3.63) is 40.4 Å². The molecule has 1 saturated heterocycles. The predicted molar refractivity (Wildman–Crippen MR) is 84.0 cm³/mol. The van der Waals surface area contributed by atoms with Crippen molar-refractivity contribution in [1.29, 1.82) is 0 Å². The molecule has 1 amide bonds. The first kappa shape index (κ1) is 14.6. The van der Waals surface area contributed by atoms with Gasteiger partial charge in [-0.25, -0.2) is 0 Å². The van der Waals surface area contributed by atoms with Crippen LogP contribution in [0, 0.1) is 18.8 Å². The van der Waals surface area contributed by atoms with E-state index >= 15 is 0 Å². The Labute approximate surface area is 130 Å². The zero-order valence-corrected chi connectivity index (χ0v) is 12.9. The molecule has 2 fully saturated rings. The van der Waals surface area contributed by atoms with Gasteiger partial charge in [0.05, 0.1) is 6.10 Å². The lowest BCUT2D eigenvalue weighted by atomic mass is 10.00. The molecule has 4 heteroatoms. The van der Waals surface area contributed by atoms with E-state index in [4.69, 9.17) is 11.6 Å². The number of rotatable bonds is 2. The molecule has 0 aromatic heterocycles. The Hall–Kier alpha value is -1.32. The zero-order valence-electron chi connectivity index (χ0n) is 12.1. The molecule has 2 aliphatic rings. The van der Waals surface area contributed by atoms with Crippen molar-refractivity contribution in [2.45, 2.75) is 25.9 Å². The molecule has 1 heterocycles. The molecular weight excluding hydrogens is 286 g/mol. The fourth-order valence-corrected chi connectivity index (χ4v) is 3.59. The molecule has 3 rings (SSSR count). The Morgan fingerprint density at radius 1 is 1.38 bits per heavy atom. The standard InChI is InChI=1S/C17H20ClNO2/c1-11-2-3-12(8-15(11)18)4-7-17(21)19-9-13-5-6-16(20)14(13)10-19/h2-4,7-8,13-14,16,20H,5-6,9-10H2,1H3/b7-4+. The van der Waals surface area contributed by atoms with Gasteiger partial charge in [0.25, 0.3) is 0 Å². The number of nitrogens with zero attached hydrogens (tertiary/aromatic N) is 1. The maximum atomic E-state index is 12.2. The minimum atomic E-state index is -0.229. The summed E-state index contributed by atoms with van der Waals surface area (Å²) in [6.45, 7) is 3.42. The van der Waals surface area contributed by atoms with Crippen LogP contribution in [0.25, 0.3) is 6.08 Å². The summed E-state index contributed by atoms with van der Waals surface area (Å²) in [7, 11) is 0. The molecule has 0 bridgehead atoms. The SMILES string of the molecule is Cc1ccc(/C=C/C(=O)N2CC3CCC(O)C3C2)cc1Cl. The average molecular weight is 306 g/mol. The van der Waals surface area contributed by atoms with Gasteiger partial charge in [0, 0.05) is 30.1 Å². The van der Waals surface area contributed by atoms with Gasteiger partial charge in [-0.2, -0.15) is 0 Å². The van der Waals surface area contributed by atoms with E-state index in [2.05, 4.69) is 0 Å². The van der Waals surface area contributed by atoms with Gasteiger partial charge < -0.3 is 10.0 Å². The lowest BCUT2D eigenvalue weighted by Gasteiger charge is -2.16. The van der Waals surface area contributed by atoms with Gasteiger partial charge in [-0.1, -0.05) is 23.7 Å². The van der Waals surface area contributed by atoms with Crippen LogP contribution in [0.3, 0.4) is 0 Å². The Kier molecular flexibility index (Phi) is 4.05. The fraction of sp³-hybridized carbons (Fsp3) is 0.471. The lowest BCUT2D eigenvalue weighted by molar-refractivity contribution is -0.125. The highest BCUT2D eigenvalue weighted by Gasteiger charge is 2.42. The van der Waals surface area contributed by atoms with Gasteiger partial charge in [-0.05, 0) is 49.0 Å². The van der Waals surface area contributed by atoms with Crippen LogP contribution in [0.1, 0.15) is 24.0 Å². The second-order valence-electron chi connectivity index (χ2n) is 6.15. The maximum Gasteiger partial charge on any atom is 0.246 e. The van der Waals surface area contributed by atoms with Crippen LogP contribution in [0.4, 0.5) is 0 Å². The van der Waals surface area contributed by atoms with Crippen LogP contribution in [0.5, 0.6) is 0 Å². The third kappa shape index (κ3) is 2.99. The lowest BCUT2D eigenvalue weighted by Crippen LogP contribution is -2.29. The van der Waals surface area contributed by atoms with Crippen molar-refractivity contribution in [3.63, 3.8) is 0 Å². The van der Waals surface area contributed by atoms with Gasteiger partial charge >= 0.3 is 0 Å². The molecule has 1 aromatic rings. The van der Waals surface area contributed by atoms with Crippen LogP contribution in [-0.4, -0.2) is 35.1 Å². The quantitative estimate of drug-likeness (QED) is 0.854. The second kappa shape index (κ2) is 5.82. The Bertz CT molecular complexity index is 584. The first-order chi connectivity index (χ1) is 10.0. The molecule has 3 unspecified atom stereocenters. The smallest absolute Gasteiger partial charge is 0.246 e. The fourth-order valence-electron chi connectivity index (χ4n) is 3.40. The average Bonchev–Trinajstić information content (AvgIpc) is 3.02. The number of hydrogen-bond acceptors (Lipinski definition) is 2. The Morgan fingerprint density at radius 2 is 2.19 bits per heavy atom. The molecule has 0 spiro atoms. The number of carbonyl (C=O) groups excluding carboxylic acids is 1. The molecule has 1 N–H and O–H groups in total. The summed E-state index contributed by atoms with van der Waals surface area (Å²) in [6, 6.07) is 5.76. The third-order valence-electron chi connectivity index (χ3n) is 4.74. The number of amides is 1. The van der Waals surface area contributed by atoms with Crippen molar-refractivity contribution >= 4 is 23.6 Å². The number of aliphatic hydroxyl groups excluding tert-OH is 1. The van der Waals surface area contributed by atoms with Crippen molar-refractivity contribution < 1.29 is 9.90 Å². The molecule has 112 valence electrons. The van der Waals surface area contributed by atoms with E-state index in [1.54, 1.807) is 12.2 Å². The molecule has 1 aliphatic carbocycles. The Morgan fingerprint density at radius 3 is 2.90 bits per heavy atom. The van der Waals surface area contributed by atoms with Gasteiger partial charge in [0.15, 0.2) is 0 Å². The Balaban J connectivity index is 1.64. The molecule has 3 nitrogen and oxygen atoms in total. The molecule has 0 radical (unpaired) electrons. The molecule has 1 aliphatic heterocycles. The first-order valence-corrected chi connectivity index (χ1v) is 7.83. The van der Waals surface area contributed by atoms with E-state index in [1.807, 2.05) is 30.0 Å². The maximum absolute atomic E-state index is 12.2. The van der Waals surface area contributed by atoms with E-state index in [1.165, 1.54) is 0 Å². The number of likely N-dealkylation sites (tertiary alicyclic amines) is 1. The van der Waals surface area contributed by atoms with Crippen molar-refractivity contribution in [3.8, 4) is 0 Å². The minimum absolute atomic E-state index is 0.0216. The zero-order chi connectivity index (χ0) is 15.0. The molecule has 3 atom stereocenters. The van der Waals surface area contributed by atoms with Gasteiger partial charge in [-0.15, -0.1) is 0 Å². The molecule has 1 saturated carbocycles. The molecule has 1 aromatic carbocycles. The first-order valence-electron chi connectivity index (χ1n) is 7.46. The topological polar surface area (TPSA) is 40.5 Å². The highest BCUT2D eigenvalue weighted by Crippen LogP contribution is 2.38. The van der Waals surface area contributed by atoms with Crippen molar-refractivity contribution in [1.82, 2.24) is 4.90 Å². The number of halogens is 1. The monoisotopic (exact) mass is 305 g/mol. The van der Waals surface area contributed by atoms with E-state index in [0.717, 1.165) is 30.5 Å². The van der Waals surface area contributed by atoms with Crippen LogP contribution in [0.2, 0.25) is 5.02 Å². The number of fused-ring (bicyclic) bond motifs is 1. The summed E-state index contributed by atoms with van der Waals surface area (Å²) in [6.07, 6.45) is 5.10. The van der Waals surface area contributed by atoms with Gasteiger partial charge in [-0.3, -0.25) is 4.79 Å². The van der Waals surface area contributed by atoms with E-state index in [9.17, 15) is 9.90 Å². The van der Waals surface area contributed by atoms with Gasteiger partial charge in [0.2, 0.25) is 5.91 Å². The van der Waals surface area contributed by atoms with Gasteiger partial charge in [0.1, 0.15) is 0 Å². The highest BCUT2D eigenvalue weighted by molar-refractivity contribution is 6.31. The third-order valence-corrected chi connectivity index (χ3v) is 5.15. The van der Waals surface area contributed by atoms with Crippen LogP contribution in [0.15, 0.2) is 24.3 Å². The summed E-state index contributed by atoms with van der Waals surface area (Å²) >= 11 is 6.08. The van der Waals surface area contributed by atoms with E-state index in [-0.39, 0.29) is 17.9 Å². The van der Waals surface area contributed by atoms with Crippen LogP contribution < -0.4 is 0 Å². The van der Waals surface area contributed by atoms with E-state index in [0.29, 0.717) is 17.5 Å². The minimum Gasteiger partial charge on any atom is -0.393 e. The van der Waals surface area contributed by atoms with Crippen molar-refractivity contribution in [2.24, 2.45) is 11.8 Å². The van der Waals surface area contributed by atoms with Crippen LogP contribution >= 0.6 is 11.6 Å². The molecule has 21 heavy (non-hydrogen) atoms. The second-order valence-corrected chi connectivity index (χ2v) is 6.56. The highest BCUT2D eigenvalue weighted by atomic mass is 35.5. The van der Waals surface area contributed by atoms with Crippen molar-refractivity contribution in [2.75, 3.05) is 13.1 Å². The number of hydrogen-bond donors (Lipinski definition) is 1. The summed E-state index contributed by atoms with van der Waals surface area (Å²) in [4.78, 5) is 14.1. The summed E-state index contributed by atoms with van der Waals surface area (Å²) in [5.41, 5.74) is 1.96. The summed E-state index contributed by atoms with van der Waals surface area (Å²) in [5, 5.41) is 10.6. The predicted octanol–water partition coefficient (Wildman–Crippen LogP) is 2.89. The summed E-state index contributed by atoms with van der Waals surface area (Å²) in [5.74, 6) is 0.774. The number of carbonyl (C=O) groups is 1.